The minimum absolute atomic E-state index is 0.126. The number of benzene rings is 1. The van der Waals surface area contributed by atoms with E-state index in [1.54, 1.807) is 13.0 Å². The van der Waals surface area contributed by atoms with Crippen LogP contribution >= 0.6 is 34.2 Å². The fourth-order valence-electron chi connectivity index (χ4n) is 2.66. The molecule has 1 fully saturated rings. The highest BCUT2D eigenvalue weighted by Crippen LogP contribution is 2.30. The number of ether oxygens (including phenoxy) is 1. The van der Waals surface area contributed by atoms with E-state index >= 15 is 0 Å². The molecule has 0 spiro atoms. The largest absolute Gasteiger partial charge is 0.487 e. The summed E-state index contributed by atoms with van der Waals surface area (Å²) in [5, 5.41) is 12.5. The molecule has 1 aliphatic heterocycles. The zero-order valence-corrected chi connectivity index (χ0v) is 17.0. The number of amides is 1. The van der Waals surface area contributed by atoms with Crippen molar-refractivity contribution in [3.8, 4) is 5.75 Å². The Balaban J connectivity index is 1.65. The second-order valence-corrected chi connectivity index (χ2v) is 8.01. The molecule has 0 radical (unpaired) electrons. The molecule has 0 saturated carbocycles. The minimum atomic E-state index is -3.79. The number of halogens is 4. The lowest BCUT2D eigenvalue weighted by Gasteiger charge is -2.45. The first kappa shape index (κ1) is 20.0. The van der Waals surface area contributed by atoms with E-state index in [2.05, 4.69) is 37.6 Å². The van der Waals surface area contributed by atoms with Crippen molar-refractivity contribution in [1.82, 2.24) is 4.98 Å². The van der Waals surface area contributed by atoms with E-state index in [4.69, 9.17) is 11.6 Å². The number of nitrogens with zero attached hydrogens (tertiary/aromatic N) is 2. The molecule has 0 aliphatic carbocycles. The number of rotatable bonds is 5. The third-order valence-corrected chi connectivity index (χ3v) is 4.66. The number of β-amino-alcohol motifs (C(OH)–C–C–N with tert-alkyl or cyclic N) is 1. The molecule has 144 valence electrons. The summed E-state index contributed by atoms with van der Waals surface area (Å²) >= 11 is 6.79. The predicted octanol–water partition coefficient (Wildman–Crippen LogP) is 3.68. The highest BCUT2D eigenvalue weighted by Gasteiger charge is 2.38. The van der Waals surface area contributed by atoms with Crippen molar-refractivity contribution in [2.75, 3.05) is 23.3 Å². The van der Waals surface area contributed by atoms with E-state index in [1.165, 1.54) is 30.5 Å². The van der Waals surface area contributed by atoms with Gasteiger partial charge < -0.3 is 20.1 Å². The monoisotopic (exact) mass is 509 g/mol. The van der Waals surface area contributed by atoms with Crippen LogP contribution in [0.15, 0.2) is 36.5 Å². The van der Waals surface area contributed by atoms with Gasteiger partial charge in [-0.15, -0.1) is 8.78 Å². The van der Waals surface area contributed by atoms with Gasteiger partial charge in [-0.3, -0.25) is 4.79 Å². The van der Waals surface area contributed by atoms with Crippen LogP contribution in [0, 0.1) is 3.57 Å². The number of carbonyl (C=O) groups excluding carboxylic acids is 1. The first-order valence-corrected chi connectivity index (χ1v) is 9.28. The molecule has 1 saturated heterocycles. The minimum Gasteiger partial charge on any atom is -0.420 e. The third kappa shape index (κ3) is 5.17. The van der Waals surface area contributed by atoms with Gasteiger partial charge in [-0.25, -0.2) is 4.98 Å². The lowest BCUT2D eigenvalue weighted by molar-refractivity contribution is -0.0964. The lowest BCUT2D eigenvalue weighted by Crippen LogP contribution is -2.60. The average Bonchev–Trinajstić information content (AvgIpc) is 2.53. The van der Waals surface area contributed by atoms with Crippen LogP contribution in [-0.4, -0.2) is 40.3 Å². The molecule has 0 atom stereocenters. The van der Waals surface area contributed by atoms with Crippen LogP contribution in [0.1, 0.15) is 17.3 Å². The highest BCUT2D eigenvalue weighted by atomic mass is 127. The van der Waals surface area contributed by atoms with Gasteiger partial charge >= 0.3 is 5.57 Å². The SMILES string of the molecule is CC1(O)CN(c2ncc(C(=O)Nc3ccc(OC(F)(F)Cl)cc3)cc2I)C1. The molecule has 1 aromatic carbocycles. The molecule has 2 N–H and O–H groups in total. The Labute approximate surface area is 172 Å². The molecule has 0 unspecified atom stereocenters. The fourth-order valence-corrected chi connectivity index (χ4v) is 3.56. The van der Waals surface area contributed by atoms with E-state index in [1.807, 2.05) is 4.90 Å². The summed E-state index contributed by atoms with van der Waals surface area (Å²) in [5.41, 5.74) is -3.76. The van der Waals surface area contributed by atoms with Gasteiger partial charge in [0.15, 0.2) is 0 Å². The Bertz CT molecular complexity index is 851. The van der Waals surface area contributed by atoms with Crippen molar-refractivity contribution in [2.45, 2.75) is 18.1 Å². The Hall–Kier alpha value is -1.72. The normalized spacial score (nSPS) is 15.9. The number of hydrogen-bond donors (Lipinski definition) is 2. The first-order chi connectivity index (χ1) is 12.5. The predicted molar refractivity (Wildman–Crippen MR) is 106 cm³/mol. The molecular formula is C17H15ClF2IN3O3. The van der Waals surface area contributed by atoms with E-state index in [-0.39, 0.29) is 11.7 Å². The molecule has 0 bridgehead atoms. The van der Waals surface area contributed by atoms with Gasteiger partial charge in [0.2, 0.25) is 0 Å². The summed E-state index contributed by atoms with van der Waals surface area (Å²) in [6.45, 7) is 2.72. The van der Waals surface area contributed by atoms with Crippen LogP contribution in [0.5, 0.6) is 5.75 Å². The number of carbonyl (C=O) groups is 1. The van der Waals surface area contributed by atoms with Crippen LogP contribution in [0.2, 0.25) is 0 Å². The van der Waals surface area contributed by atoms with Crippen LogP contribution in [0.3, 0.4) is 0 Å². The second-order valence-electron chi connectivity index (χ2n) is 6.41. The number of aliphatic hydroxyl groups is 1. The summed E-state index contributed by atoms with van der Waals surface area (Å²) in [5.74, 6) is 0.195. The maximum absolute atomic E-state index is 12.6. The van der Waals surface area contributed by atoms with E-state index < -0.39 is 11.2 Å². The Morgan fingerprint density at radius 3 is 2.56 bits per heavy atom. The Morgan fingerprint density at radius 2 is 2.04 bits per heavy atom. The molecule has 1 aliphatic rings. The summed E-state index contributed by atoms with van der Waals surface area (Å²) < 4.78 is 30.2. The molecule has 1 aromatic heterocycles. The van der Waals surface area contributed by atoms with Crippen molar-refractivity contribution in [2.24, 2.45) is 0 Å². The van der Waals surface area contributed by atoms with E-state index in [0.29, 0.717) is 30.2 Å². The number of aromatic nitrogens is 1. The maximum atomic E-state index is 12.6. The number of pyridine rings is 1. The van der Waals surface area contributed by atoms with Crippen LogP contribution < -0.4 is 15.0 Å². The zero-order valence-electron chi connectivity index (χ0n) is 14.0. The summed E-state index contributed by atoms with van der Waals surface area (Å²) in [6, 6.07) is 7.08. The van der Waals surface area contributed by atoms with Crippen LogP contribution in [0.4, 0.5) is 20.3 Å². The fraction of sp³-hybridized carbons (Fsp3) is 0.294. The van der Waals surface area contributed by atoms with E-state index in [0.717, 1.165) is 3.57 Å². The molecule has 2 aromatic rings. The topological polar surface area (TPSA) is 74.7 Å². The van der Waals surface area contributed by atoms with E-state index in [9.17, 15) is 18.7 Å². The smallest absolute Gasteiger partial charge is 0.420 e. The van der Waals surface area contributed by atoms with Crippen molar-refractivity contribution in [1.29, 1.82) is 0 Å². The summed E-state index contributed by atoms with van der Waals surface area (Å²) in [6.07, 6.45) is 1.45. The van der Waals surface area contributed by atoms with Gasteiger partial charge in [0, 0.05) is 36.6 Å². The van der Waals surface area contributed by atoms with Crippen LogP contribution in [0.25, 0.3) is 0 Å². The van der Waals surface area contributed by atoms with Gasteiger partial charge in [0.1, 0.15) is 11.6 Å². The van der Waals surface area contributed by atoms with Gasteiger partial charge in [-0.2, -0.15) is 0 Å². The van der Waals surface area contributed by atoms with Gasteiger partial charge in [-0.1, -0.05) is 0 Å². The quantitative estimate of drug-likeness (QED) is 0.475. The summed E-state index contributed by atoms with van der Waals surface area (Å²) in [7, 11) is 0. The van der Waals surface area contributed by atoms with Crippen molar-refractivity contribution >= 4 is 51.6 Å². The van der Waals surface area contributed by atoms with Gasteiger partial charge in [0.05, 0.1) is 14.7 Å². The molecule has 10 heteroatoms. The van der Waals surface area contributed by atoms with Crippen molar-refractivity contribution in [3.63, 3.8) is 0 Å². The lowest BCUT2D eigenvalue weighted by atomic mass is 9.97. The number of nitrogens with one attached hydrogen (secondary N) is 1. The third-order valence-electron chi connectivity index (χ3n) is 3.79. The second kappa shape index (κ2) is 7.36. The van der Waals surface area contributed by atoms with Gasteiger partial charge in [-0.05, 0) is 59.8 Å². The maximum Gasteiger partial charge on any atom is 0.487 e. The average molecular weight is 510 g/mol. The Kier molecular flexibility index (Phi) is 5.46. The zero-order chi connectivity index (χ0) is 19.8. The number of anilines is 2. The number of alkyl halides is 3. The molecule has 3 rings (SSSR count). The standard InChI is InChI=1S/C17H15ClF2IN3O3/c1-16(26)8-24(9-16)14-13(21)6-10(7-22-14)15(25)23-11-2-4-12(5-3-11)27-17(18,19)20/h2-7,26H,8-9H2,1H3,(H,23,25). The highest BCUT2D eigenvalue weighted by molar-refractivity contribution is 14.1. The van der Waals surface area contributed by atoms with Crippen LogP contribution in [-0.2, 0) is 0 Å². The summed E-state index contributed by atoms with van der Waals surface area (Å²) in [4.78, 5) is 18.6. The molecule has 1 amide bonds. The van der Waals surface area contributed by atoms with Crippen molar-refractivity contribution in [3.05, 3.63) is 45.7 Å². The number of hydrogen-bond acceptors (Lipinski definition) is 5. The first-order valence-electron chi connectivity index (χ1n) is 7.82. The molecule has 6 nitrogen and oxygen atoms in total. The van der Waals surface area contributed by atoms with Gasteiger partial charge in [0.25, 0.3) is 5.91 Å². The van der Waals surface area contributed by atoms with Crippen molar-refractivity contribution < 1.29 is 23.4 Å². The molecule has 2 heterocycles. The molecular weight excluding hydrogens is 495 g/mol. The Morgan fingerprint density at radius 1 is 1.41 bits per heavy atom. The molecule has 27 heavy (non-hydrogen) atoms.